The monoisotopic (exact) mass is 369 g/mol. The Balaban J connectivity index is 1.54. The molecule has 2 N–H and O–H groups in total. The molecular weight excluding hydrogens is 338 g/mol. The van der Waals surface area contributed by atoms with Crippen molar-refractivity contribution in [3.05, 3.63) is 48.3 Å². The molecule has 0 aliphatic heterocycles. The van der Waals surface area contributed by atoms with Crippen molar-refractivity contribution in [2.24, 2.45) is 4.99 Å². The average molecular weight is 370 g/mol. The number of aliphatic imine (C=N–C) groups is 1. The number of nitrogens with zero attached hydrogens (tertiary/aromatic N) is 3. The van der Waals surface area contributed by atoms with Gasteiger partial charge in [0.05, 0.1) is 7.11 Å². The van der Waals surface area contributed by atoms with Crippen LogP contribution in [0.15, 0.2) is 47.7 Å². The van der Waals surface area contributed by atoms with Gasteiger partial charge in [-0.05, 0) is 43.0 Å². The van der Waals surface area contributed by atoms with Gasteiger partial charge in [0.15, 0.2) is 5.96 Å². The number of nitrogens with one attached hydrogen (secondary N) is 2. The number of benzene rings is 1. The number of aryl methyl sites for hydroxylation is 1. The summed E-state index contributed by atoms with van der Waals surface area (Å²) in [6, 6.07) is 10.5. The zero-order valence-electron chi connectivity index (χ0n) is 16.4. The zero-order valence-corrected chi connectivity index (χ0v) is 16.4. The van der Waals surface area contributed by atoms with Gasteiger partial charge in [0.25, 0.3) is 0 Å². The Morgan fingerprint density at radius 2 is 2.11 bits per heavy atom. The standard InChI is InChI=1S/C21H31N5O/c1-22-20(23-12-6-14-26-15-7-13-25-26)24-17-21(10-3-4-11-21)18-8-5-9-19(16-18)27-2/h5,7-9,13,15-16H,3-4,6,10-12,14,17H2,1-2H3,(H2,22,23,24). The van der Waals surface area contributed by atoms with Crippen LogP contribution in [0.4, 0.5) is 0 Å². The number of guanidine groups is 1. The van der Waals surface area contributed by atoms with E-state index in [1.165, 1.54) is 31.2 Å². The summed E-state index contributed by atoms with van der Waals surface area (Å²) in [5, 5.41) is 11.2. The smallest absolute Gasteiger partial charge is 0.191 e. The van der Waals surface area contributed by atoms with E-state index < -0.39 is 0 Å². The van der Waals surface area contributed by atoms with Crippen LogP contribution in [0.25, 0.3) is 0 Å². The van der Waals surface area contributed by atoms with Crippen molar-refractivity contribution in [2.45, 2.75) is 44.1 Å². The molecule has 27 heavy (non-hydrogen) atoms. The van der Waals surface area contributed by atoms with E-state index in [0.717, 1.165) is 37.8 Å². The van der Waals surface area contributed by atoms with Gasteiger partial charge in [-0.1, -0.05) is 25.0 Å². The molecule has 0 unspecified atom stereocenters. The van der Waals surface area contributed by atoms with Crippen LogP contribution >= 0.6 is 0 Å². The van der Waals surface area contributed by atoms with Crippen molar-refractivity contribution >= 4 is 5.96 Å². The van der Waals surface area contributed by atoms with Crippen LogP contribution in [-0.4, -0.2) is 43.0 Å². The molecule has 0 radical (unpaired) electrons. The molecule has 0 amide bonds. The molecule has 6 nitrogen and oxygen atoms in total. The number of hydrogen-bond donors (Lipinski definition) is 2. The molecule has 1 aliphatic rings. The van der Waals surface area contributed by atoms with Gasteiger partial charge in [0.1, 0.15) is 5.75 Å². The molecule has 146 valence electrons. The van der Waals surface area contributed by atoms with Gasteiger partial charge in [-0.25, -0.2) is 0 Å². The number of rotatable bonds is 8. The maximum absolute atomic E-state index is 5.44. The average Bonchev–Trinajstić information content (AvgIpc) is 3.40. The fraction of sp³-hybridized carbons (Fsp3) is 0.524. The number of ether oxygens (including phenoxy) is 1. The molecule has 0 spiro atoms. The largest absolute Gasteiger partial charge is 0.497 e. The Kier molecular flexibility index (Phi) is 6.74. The molecule has 6 heteroatoms. The Morgan fingerprint density at radius 3 is 2.81 bits per heavy atom. The highest BCUT2D eigenvalue weighted by Gasteiger charge is 2.35. The van der Waals surface area contributed by atoms with Crippen molar-refractivity contribution in [1.82, 2.24) is 20.4 Å². The maximum atomic E-state index is 5.44. The first-order valence-electron chi connectivity index (χ1n) is 9.82. The lowest BCUT2D eigenvalue weighted by Crippen LogP contribution is -2.45. The summed E-state index contributed by atoms with van der Waals surface area (Å²) in [5.74, 6) is 1.80. The van der Waals surface area contributed by atoms with Crippen molar-refractivity contribution in [2.75, 3.05) is 27.2 Å². The molecule has 1 aromatic carbocycles. The first-order valence-corrected chi connectivity index (χ1v) is 9.82. The van der Waals surface area contributed by atoms with Crippen molar-refractivity contribution in [3.63, 3.8) is 0 Å². The van der Waals surface area contributed by atoms with Crippen LogP contribution in [0.2, 0.25) is 0 Å². The summed E-state index contributed by atoms with van der Waals surface area (Å²) in [6.07, 6.45) is 9.75. The maximum Gasteiger partial charge on any atom is 0.191 e. The fourth-order valence-electron chi connectivity index (χ4n) is 3.93. The van der Waals surface area contributed by atoms with E-state index in [1.807, 2.05) is 36.3 Å². The third kappa shape index (κ3) is 5.02. The molecule has 1 fully saturated rings. The molecule has 1 saturated carbocycles. The number of methoxy groups -OCH3 is 1. The molecular formula is C21H31N5O. The summed E-state index contributed by atoms with van der Waals surface area (Å²) in [6.45, 7) is 2.66. The molecule has 1 heterocycles. The minimum absolute atomic E-state index is 0.154. The summed E-state index contributed by atoms with van der Waals surface area (Å²) < 4.78 is 7.39. The third-order valence-corrected chi connectivity index (χ3v) is 5.48. The summed E-state index contributed by atoms with van der Waals surface area (Å²) in [7, 11) is 3.56. The summed E-state index contributed by atoms with van der Waals surface area (Å²) in [5.41, 5.74) is 1.52. The van der Waals surface area contributed by atoms with Crippen LogP contribution in [0.3, 0.4) is 0 Å². The highest BCUT2D eigenvalue weighted by Crippen LogP contribution is 2.41. The lowest BCUT2D eigenvalue weighted by atomic mass is 9.78. The van der Waals surface area contributed by atoms with Gasteiger partial charge in [-0.2, -0.15) is 5.10 Å². The predicted molar refractivity (Wildman–Crippen MR) is 109 cm³/mol. The van der Waals surface area contributed by atoms with Crippen molar-refractivity contribution in [3.8, 4) is 5.75 Å². The van der Waals surface area contributed by atoms with Gasteiger partial charge in [0, 0.05) is 44.5 Å². The summed E-state index contributed by atoms with van der Waals surface area (Å²) in [4.78, 5) is 4.39. The van der Waals surface area contributed by atoms with Crippen molar-refractivity contribution < 1.29 is 4.74 Å². The van der Waals surface area contributed by atoms with Crippen molar-refractivity contribution in [1.29, 1.82) is 0 Å². The van der Waals surface area contributed by atoms with Gasteiger partial charge in [-0.3, -0.25) is 9.67 Å². The van der Waals surface area contributed by atoms with Crippen LogP contribution in [-0.2, 0) is 12.0 Å². The lowest BCUT2D eigenvalue weighted by Gasteiger charge is -2.31. The SMILES string of the molecule is CN=C(NCCCn1cccn1)NCC1(c2cccc(OC)c2)CCCC1. The Labute approximate surface area is 162 Å². The Hall–Kier alpha value is -2.50. The second-order valence-electron chi connectivity index (χ2n) is 7.19. The van der Waals surface area contributed by atoms with E-state index >= 15 is 0 Å². The lowest BCUT2D eigenvalue weighted by molar-refractivity contribution is 0.404. The summed E-state index contributed by atoms with van der Waals surface area (Å²) >= 11 is 0. The minimum atomic E-state index is 0.154. The first-order chi connectivity index (χ1) is 13.3. The van der Waals surface area contributed by atoms with E-state index in [1.54, 1.807) is 7.11 Å². The highest BCUT2D eigenvalue weighted by atomic mass is 16.5. The molecule has 1 aliphatic carbocycles. The Morgan fingerprint density at radius 1 is 1.26 bits per heavy atom. The quantitative estimate of drug-likeness (QED) is 0.427. The van der Waals surface area contributed by atoms with Gasteiger partial charge in [-0.15, -0.1) is 0 Å². The van der Waals surface area contributed by atoms with E-state index in [-0.39, 0.29) is 5.41 Å². The molecule has 0 bridgehead atoms. The first kappa shape index (κ1) is 19.3. The second kappa shape index (κ2) is 9.44. The Bertz CT molecular complexity index is 720. The van der Waals surface area contributed by atoms with Crippen LogP contribution < -0.4 is 15.4 Å². The van der Waals surface area contributed by atoms with E-state index in [0.29, 0.717) is 0 Å². The van der Waals surface area contributed by atoms with Crippen LogP contribution in [0.5, 0.6) is 5.75 Å². The zero-order chi connectivity index (χ0) is 19.0. The normalized spacial score (nSPS) is 16.3. The minimum Gasteiger partial charge on any atom is -0.497 e. The number of hydrogen-bond acceptors (Lipinski definition) is 3. The molecule has 1 aromatic heterocycles. The molecule has 0 saturated heterocycles. The van der Waals surface area contributed by atoms with Gasteiger partial charge >= 0.3 is 0 Å². The molecule has 0 atom stereocenters. The predicted octanol–water partition coefficient (Wildman–Crippen LogP) is 2.96. The van der Waals surface area contributed by atoms with Crippen LogP contribution in [0, 0.1) is 0 Å². The molecule has 2 aromatic rings. The van der Waals surface area contributed by atoms with E-state index in [2.05, 4.69) is 38.9 Å². The van der Waals surface area contributed by atoms with Crippen LogP contribution in [0.1, 0.15) is 37.7 Å². The number of aromatic nitrogens is 2. The third-order valence-electron chi connectivity index (χ3n) is 5.48. The van der Waals surface area contributed by atoms with Gasteiger partial charge in [0.2, 0.25) is 0 Å². The highest BCUT2D eigenvalue weighted by molar-refractivity contribution is 5.79. The van der Waals surface area contributed by atoms with E-state index in [4.69, 9.17) is 4.74 Å². The molecule has 3 rings (SSSR count). The topological polar surface area (TPSA) is 63.5 Å². The fourth-order valence-corrected chi connectivity index (χ4v) is 3.93. The van der Waals surface area contributed by atoms with Gasteiger partial charge < -0.3 is 15.4 Å². The van der Waals surface area contributed by atoms with E-state index in [9.17, 15) is 0 Å². The second-order valence-corrected chi connectivity index (χ2v) is 7.19.